The van der Waals surface area contributed by atoms with E-state index in [-0.39, 0.29) is 34.1 Å². The zero-order valence-corrected chi connectivity index (χ0v) is 24.8. The van der Waals surface area contributed by atoms with Gasteiger partial charge >= 0.3 is 0 Å². The van der Waals surface area contributed by atoms with Gasteiger partial charge in [0.25, 0.3) is 10.0 Å². The second-order valence-electron chi connectivity index (χ2n) is 10.4. The Morgan fingerprint density at radius 3 is 2.24 bits per heavy atom. The smallest absolute Gasteiger partial charge is 0.264 e. The summed E-state index contributed by atoms with van der Waals surface area (Å²) in [7, 11) is -4.22. The Kier molecular flexibility index (Phi) is 10.0. The number of nitrogens with zero attached hydrogens (tertiary/aromatic N) is 2. The first-order valence-electron chi connectivity index (χ1n) is 13.7. The van der Waals surface area contributed by atoms with E-state index < -0.39 is 34.3 Å². The molecule has 0 spiro atoms. The van der Waals surface area contributed by atoms with Crippen LogP contribution in [0.25, 0.3) is 0 Å². The van der Waals surface area contributed by atoms with Gasteiger partial charge in [0.05, 0.1) is 15.6 Å². The molecule has 1 aliphatic carbocycles. The minimum absolute atomic E-state index is 0.00370. The number of nitrogens with one attached hydrogen (secondary N) is 1. The maximum Gasteiger partial charge on any atom is 0.264 e. The van der Waals surface area contributed by atoms with Crippen LogP contribution in [-0.4, -0.2) is 43.8 Å². The van der Waals surface area contributed by atoms with Gasteiger partial charge in [-0.15, -0.1) is 0 Å². The van der Waals surface area contributed by atoms with E-state index >= 15 is 0 Å². The SMILES string of the molecule is Cc1ccc(S(=O)(=O)N(CC(=O)N(Cc2ccc(F)cc2)[C@H](C)C(=O)NC2CCCCC2)c2ccccc2Cl)cc1. The number of aryl methyl sites for hydroxylation is 1. The summed E-state index contributed by atoms with van der Waals surface area (Å²) in [6, 6.07) is 17.5. The van der Waals surface area contributed by atoms with Crippen LogP contribution in [0.2, 0.25) is 5.02 Å². The Labute approximate surface area is 246 Å². The molecule has 1 N–H and O–H groups in total. The Bertz CT molecular complexity index is 1460. The average molecular weight is 600 g/mol. The highest BCUT2D eigenvalue weighted by Crippen LogP contribution is 2.31. The maximum atomic E-state index is 14.0. The van der Waals surface area contributed by atoms with Gasteiger partial charge in [-0.3, -0.25) is 13.9 Å². The number of para-hydroxylation sites is 1. The third-order valence-corrected chi connectivity index (χ3v) is 9.49. The van der Waals surface area contributed by atoms with Crippen molar-refractivity contribution >= 4 is 39.1 Å². The molecule has 0 saturated heterocycles. The zero-order chi connectivity index (χ0) is 29.6. The molecular weight excluding hydrogens is 565 g/mol. The molecule has 7 nitrogen and oxygen atoms in total. The Hall–Kier alpha value is -3.43. The number of amides is 2. The molecule has 3 aromatic rings. The third-order valence-electron chi connectivity index (χ3n) is 7.39. The molecule has 1 saturated carbocycles. The molecule has 3 aromatic carbocycles. The van der Waals surface area contributed by atoms with Crippen molar-refractivity contribution in [1.82, 2.24) is 10.2 Å². The molecule has 1 aliphatic rings. The van der Waals surface area contributed by atoms with Crippen molar-refractivity contribution in [2.24, 2.45) is 0 Å². The summed E-state index contributed by atoms with van der Waals surface area (Å²) in [5, 5.41) is 3.22. The Morgan fingerprint density at radius 1 is 0.976 bits per heavy atom. The number of sulfonamides is 1. The molecule has 41 heavy (non-hydrogen) atoms. The number of anilines is 1. The van der Waals surface area contributed by atoms with Crippen LogP contribution in [0.4, 0.5) is 10.1 Å². The van der Waals surface area contributed by atoms with Gasteiger partial charge in [0.15, 0.2) is 0 Å². The number of benzene rings is 3. The number of halogens is 2. The summed E-state index contributed by atoms with van der Waals surface area (Å²) in [4.78, 5) is 28.7. The quantitative estimate of drug-likeness (QED) is 0.317. The van der Waals surface area contributed by atoms with E-state index in [1.54, 1.807) is 37.3 Å². The van der Waals surface area contributed by atoms with Crippen molar-refractivity contribution in [3.63, 3.8) is 0 Å². The summed E-state index contributed by atoms with van der Waals surface area (Å²) in [5.74, 6) is -1.35. The van der Waals surface area contributed by atoms with Gasteiger partial charge in [-0.1, -0.05) is 72.8 Å². The van der Waals surface area contributed by atoms with Crippen LogP contribution in [-0.2, 0) is 26.2 Å². The topological polar surface area (TPSA) is 86.8 Å². The standard InChI is InChI=1S/C31H35ClFN3O4S/c1-22-12-18-27(19-13-22)41(39,40)36(29-11-7-6-10-28(29)32)21-30(37)35(20-24-14-16-25(33)17-15-24)23(2)31(38)34-26-8-4-3-5-9-26/h6-7,10-19,23,26H,3-5,8-9,20-21H2,1-2H3,(H,34,38)/t23-/m1/s1. The van der Waals surface area contributed by atoms with Gasteiger partial charge in [-0.05, 0) is 68.7 Å². The molecule has 0 heterocycles. The van der Waals surface area contributed by atoms with Gasteiger partial charge < -0.3 is 10.2 Å². The van der Waals surface area contributed by atoms with Gasteiger partial charge in [0.2, 0.25) is 11.8 Å². The number of hydrogen-bond donors (Lipinski definition) is 1. The summed E-state index contributed by atoms with van der Waals surface area (Å²) < 4.78 is 42.4. The van der Waals surface area contributed by atoms with Crippen LogP contribution in [0.5, 0.6) is 0 Å². The van der Waals surface area contributed by atoms with Crippen molar-refractivity contribution < 1.29 is 22.4 Å². The summed E-state index contributed by atoms with van der Waals surface area (Å²) in [6.07, 6.45) is 4.94. The van der Waals surface area contributed by atoms with Gasteiger partial charge in [0, 0.05) is 12.6 Å². The number of carbonyl (C=O) groups excluding carboxylic acids is 2. The third kappa shape index (κ3) is 7.65. The van der Waals surface area contributed by atoms with Gasteiger partial charge in [-0.25, -0.2) is 12.8 Å². The largest absolute Gasteiger partial charge is 0.352 e. The highest BCUT2D eigenvalue weighted by Gasteiger charge is 2.34. The highest BCUT2D eigenvalue weighted by molar-refractivity contribution is 7.92. The lowest BCUT2D eigenvalue weighted by Crippen LogP contribution is -2.53. The lowest BCUT2D eigenvalue weighted by atomic mass is 9.95. The van der Waals surface area contributed by atoms with Crippen LogP contribution in [0.3, 0.4) is 0 Å². The zero-order valence-electron chi connectivity index (χ0n) is 23.2. The van der Waals surface area contributed by atoms with Crippen LogP contribution in [0.15, 0.2) is 77.7 Å². The molecule has 0 unspecified atom stereocenters. The summed E-state index contributed by atoms with van der Waals surface area (Å²) >= 11 is 6.44. The van der Waals surface area contributed by atoms with E-state index in [1.165, 1.54) is 47.4 Å². The molecule has 1 fully saturated rings. The van der Waals surface area contributed by atoms with E-state index in [9.17, 15) is 22.4 Å². The Morgan fingerprint density at radius 2 is 1.61 bits per heavy atom. The molecule has 2 amide bonds. The lowest BCUT2D eigenvalue weighted by Gasteiger charge is -2.33. The van der Waals surface area contributed by atoms with E-state index in [0.29, 0.717) is 5.56 Å². The fourth-order valence-electron chi connectivity index (χ4n) is 4.94. The lowest BCUT2D eigenvalue weighted by molar-refractivity contribution is -0.139. The van der Waals surface area contributed by atoms with Gasteiger partial charge in [0.1, 0.15) is 18.4 Å². The van der Waals surface area contributed by atoms with Crippen LogP contribution in [0.1, 0.15) is 50.2 Å². The fraction of sp³-hybridized carbons (Fsp3) is 0.355. The molecule has 0 aliphatic heterocycles. The second kappa shape index (κ2) is 13.5. The normalized spacial score (nSPS) is 14.7. The first-order valence-corrected chi connectivity index (χ1v) is 15.6. The molecule has 0 bridgehead atoms. The van der Waals surface area contributed by atoms with Crippen molar-refractivity contribution in [2.75, 3.05) is 10.8 Å². The second-order valence-corrected chi connectivity index (χ2v) is 12.7. The fourth-order valence-corrected chi connectivity index (χ4v) is 6.66. The molecule has 218 valence electrons. The molecule has 4 rings (SSSR count). The van der Waals surface area contributed by atoms with E-state index in [1.807, 2.05) is 6.92 Å². The predicted octanol–water partition coefficient (Wildman–Crippen LogP) is 5.85. The van der Waals surface area contributed by atoms with Gasteiger partial charge in [-0.2, -0.15) is 0 Å². The number of rotatable bonds is 10. The highest BCUT2D eigenvalue weighted by atomic mass is 35.5. The van der Waals surface area contributed by atoms with Crippen molar-refractivity contribution in [2.45, 2.75) is 69.5 Å². The first-order chi connectivity index (χ1) is 19.6. The maximum absolute atomic E-state index is 14.0. The van der Waals surface area contributed by atoms with E-state index in [2.05, 4.69) is 5.32 Å². The van der Waals surface area contributed by atoms with Crippen molar-refractivity contribution in [3.8, 4) is 0 Å². The molecule has 10 heteroatoms. The van der Waals surface area contributed by atoms with Crippen LogP contribution >= 0.6 is 11.6 Å². The minimum Gasteiger partial charge on any atom is -0.352 e. The monoisotopic (exact) mass is 599 g/mol. The van der Waals surface area contributed by atoms with E-state index in [0.717, 1.165) is 42.0 Å². The first kappa shape index (κ1) is 30.5. The summed E-state index contributed by atoms with van der Waals surface area (Å²) in [6.45, 7) is 2.86. The van der Waals surface area contributed by atoms with Crippen molar-refractivity contribution in [1.29, 1.82) is 0 Å². The predicted molar refractivity (Wildman–Crippen MR) is 159 cm³/mol. The number of carbonyl (C=O) groups is 2. The molecular formula is C31H35ClFN3O4S. The minimum atomic E-state index is -4.22. The van der Waals surface area contributed by atoms with E-state index in [4.69, 9.17) is 11.6 Å². The summed E-state index contributed by atoms with van der Waals surface area (Å²) in [5.41, 5.74) is 1.62. The number of hydrogen-bond acceptors (Lipinski definition) is 4. The molecule has 1 atom stereocenters. The molecule has 0 radical (unpaired) electrons. The van der Waals surface area contributed by atoms with Crippen LogP contribution < -0.4 is 9.62 Å². The van der Waals surface area contributed by atoms with Crippen molar-refractivity contribution in [3.05, 3.63) is 94.8 Å². The molecule has 0 aromatic heterocycles. The Balaban J connectivity index is 1.68. The average Bonchev–Trinajstić information content (AvgIpc) is 2.96. The van der Waals surface area contributed by atoms with Crippen LogP contribution in [0, 0.1) is 12.7 Å².